The van der Waals surface area contributed by atoms with Crippen molar-refractivity contribution in [2.45, 2.75) is 32.6 Å². The van der Waals surface area contributed by atoms with Crippen molar-refractivity contribution in [3.63, 3.8) is 0 Å². The molecule has 1 rings (SSSR count). The van der Waals surface area contributed by atoms with Crippen molar-refractivity contribution in [2.75, 3.05) is 13.1 Å². The summed E-state index contributed by atoms with van der Waals surface area (Å²) in [6, 6.07) is 7.67. The number of aryl methyl sites for hydroxylation is 1. The molecule has 0 aromatic heterocycles. The number of azide groups is 1. The summed E-state index contributed by atoms with van der Waals surface area (Å²) in [4.78, 5) is 14.4. The predicted molar refractivity (Wildman–Crippen MR) is 76.0 cm³/mol. The molecule has 0 bridgehead atoms. The molecule has 0 aliphatic carbocycles. The van der Waals surface area contributed by atoms with Gasteiger partial charge in [-0.1, -0.05) is 37.0 Å². The summed E-state index contributed by atoms with van der Waals surface area (Å²) in [5.74, 6) is -0.131. The number of rotatable bonds is 8. The Hall–Kier alpha value is -2.00. The van der Waals surface area contributed by atoms with Crippen LogP contribution in [0.4, 0.5) is 0 Å². The fourth-order valence-electron chi connectivity index (χ4n) is 1.77. The van der Waals surface area contributed by atoms with Crippen LogP contribution in [0, 0.1) is 0 Å². The SMILES string of the molecule is CCCCCc1ccc(C(=O)NCCN=[N+]=[N-])cc1. The van der Waals surface area contributed by atoms with Gasteiger partial charge in [-0.05, 0) is 36.1 Å². The van der Waals surface area contributed by atoms with Crippen LogP contribution in [-0.2, 0) is 6.42 Å². The average Bonchev–Trinajstić information content (AvgIpc) is 2.44. The minimum Gasteiger partial charge on any atom is -0.352 e. The van der Waals surface area contributed by atoms with Gasteiger partial charge in [-0.3, -0.25) is 4.79 Å². The van der Waals surface area contributed by atoms with Gasteiger partial charge in [0.25, 0.3) is 5.91 Å². The van der Waals surface area contributed by atoms with Gasteiger partial charge in [-0.2, -0.15) is 0 Å². The first kappa shape index (κ1) is 15.1. The van der Waals surface area contributed by atoms with Gasteiger partial charge in [0, 0.05) is 23.6 Å². The van der Waals surface area contributed by atoms with E-state index in [1.165, 1.54) is 24.8 Å². The number of hydrogen-bond acceptors (Lipinski definition) is 2. The van der Waals surface area contributed by atoms with Gasteiger partial charge in [-0.25, -0.2) is 0 Å². The fraction of sp³-hybridized carbons (Fsp3) is 0.500. The maximum Gasteiger partial charge on any atom is 0.251 e. The molecule has 5 heteroatoms. The number of nitrogens with one attached hydrogen (secondary N) is 1. The molecule has 0 saturated heterocycles. The maximum absolute atomic E-state index is 11.7. The molecule has 1 aromatic rings. The van der Waals surface area contributed by atoms with E-state index in [0.29, 0.717) is 12.1 Å². The molecule has 0 fully saturated rings. The molecule has 102 valence electrons. The Morgan fingerprint density at radius 1 is 1.32 bits per heavy atom. The zero-order chi connectivity index (χ0) is 13.9. The standard InChI is InChI=1S/C14H20N4O/c1-2-3-4-5-12-6-8-13(9-7-12)14(19)16-10-11-17-18-15/h6-9H,2-5,10-11H2,1H3,(H,16,19). The monoisotopic (exact) mass is 260 g/mol. The Kier molecular flexibility index (Phi) is 7.13. The number of nitrogens with zero attached hydrogens (tertiary/aromatic N) is 3. The summed E-state index contributed by atoms with van der Waals surface area (Å²) >= 11 is 0. The third-order valence-electron chi connectivity index (χ3n) is 2.85. The van der Waals surface area contributed by atoms with Crippen molar-refractivity contribution < 1.29 is 4.79 Å². The Morgan fingerprint density at radius 3 is 2.68 bits per heavy atom. The molecule has 5 nitrogen and oxygen atoms in total. The van der Waals surface area contributed by atoms with Crippen LogP contribution in [0.1, 0.15) is 42.1 Å². The highest BCUT2D eigenvalue weighted by atomic mass is 16.1. The number of hydrogen-bond donors (Lipinski definition) is 1. The van der Waals surface area contributed by atoms with E-state index < -0.39 is 0 Å². The lowest BCUT2D eigenvalue weighted by Gasteiger charge is -2.05. The van der Waals surface area contributed by atoms with E-state index in [9.17, 15) is 4.79 Å². The highest BCUT2D eigenvalue weighted by Crippen LogP contribution is 2.08. The molecule has 1 aromatic carbocycles. The first-order chi connectivity index (χ1) is 9.27. The second kappa shape index (κ2) is 9.00. The second-order valence-corrected chi connectivity index (χ2v) is 4.36. The Labute approximate surface area is 113 Å². The molecule has 0 radical (unpaired) electrons. The minimum atomic E-state index is -0.131. The maximum atomic E-state index is 11.7. The van der Waals surface area contributed by atoms with E-state index in [1.807, 2.05) is 24.3 Å². The third-order valence-corrected chi connectivity index (χ3v) is 2.85. The molecule has 0 unspecified atom stereocenters. The predicted octanol–water partition coefficient (Wildman–Crippen LogP) is 3.46. The van der Waals surface area contributed by atoms with Crippen molar-refractivity contribution in [1.82, 2.24) is 5.32 Å². The molecule has 1 N–H and O–H groups in total. The lowest BCUT2D eigenvalue weighted by Crippen LogP contribution is -2.25. The molecular formula is C14H20N4O. The minimum absolute atomic E-state index is 0.131. The van der Waals surface area contributed by atoms with Crippen LogP contribution in [0.25, 0.3) is 10.4 Å². The molecule has 0 spiro atoms. The summed E-state index contributed by atoms with van der Waals surface area (Å²) < 4.78 is 0. The van der Waals surface area contributed by atoms with Gasteiger partial charge < -0.3 is 5.32 Å². The molecule has 0 heterocycles. The summed E-state index contributed by atoms with van der Waals surface area (Å²) in [5, 5.41) is 6.06. The molecule has 0 aliphatic rings. The highest BCUT2D eigenvalue weighted by molar-refractivity contribution is 5.94. The number of benzene rings is 1. The van der Waals surface area contributed by atoms with E-state index in [1.54, 1.807) is 0 Å². The van der Waals surface area contributed by atoms with E-state index >= 15 is 0 Å². The number of carbonyl (C=O) groups excluding carboxylic acids is 1. The zero-order valence-corrected chi connectivity index (χ0v) is 11.3. The van der Waals surface area contributed by atoms with Gasteiger partial charge in [0.1, 0.15) is 0 Å². The smallest absolute Gasteiger partial charge is 0.251 e. The van der Waals surface area contributed by atoms with Crippen LogP contribution in [0.5, 0.6) is 0 Å². The van der Waals surface area contributed by atoms with E-state index in [4.69, 9.17) is 5.53 Å². The number of amides is 1. The van der Waals surface area contributed by atoms with Gasteiger partial charge in [0.2, 0.25) is 0 Å². The normalized spacial score (nSPS) is 9.74. The lowest BCUT2D eigenvalue weighted by molar-refractivity contribution is 0.0955. The van der Waals surface area contributed by atoms with Crippen LogP contribution in [0.3, 0.4) is 0 Å². The van der Waals surface area contributed by atoms with E-state index in [0.717, 1.165) is 6.42 Å². The number of unbranched alkanes of at least 4 members (excludes halogenated alkanes) is 2. The van der Waals surface area contributed by atoms with Gasteiger partial charge in [0.05, 0.1) is 0 Å². The average molecular weight is 260 g/mol. The molecule has 1 amide bonds. The van der Waals surface area contributed by atoms with Crippen LogP contribution in [0.2, 0.25) is 0 Å². The Balaban J connectivity index is 2.41. The highest BCUT2D eigenvalue weighted by Gasteiger charge is 2.03. The summed E-state index contributed by atoms with van der Waals surface area (Å²) in [6.45, 7) is 2.82. The molecular weight excluding hydrogens is 240 g/mol. The molecule has 0 aliphatic heterocycles. The van der Waals surface area contributed by atoms with Crippen LogP contribution in [-0.4, -0.2) is 19.0 Å². The van der Waals surface area contributed by atoms with Gasteiger partial charge in [-0.15, -0.1) is 0 Å². The summed E-state index contributed by atoms with van der Waals surface area (Å²) in [6.07, 6.45) is 4.70. The fourth-order valence-corrected chi connectivity index (χ4v) is 1.77. The van der Waals surface area contributed by atoms with Crippen molar-refractivity contribution >= 4 is 5.91 Å². The number of carbonyl (C=O) groups is 1. The Bertz CT molecular complexity index is 435. The quantitative estimate of drug-likeness (QED) is 0.330. The first-order valence-corrected chi connectivity index (χ1v) is 6.66. The zero-order valence-electron chi connectivity index (χ0n) is 11.3. The van der Waals surface area contributed by atoms with E-state index in [-0.39, 0.29) is 12.5 Å². The van der Waals surface area contributed by atoms with Crippen molar-refractivity contribution in [3.05, 3.63) is 45.8 Å². The summed E-state index contributed by atoms with van der Waals surface area (Å²) in [7, 11) is 0. The van der Waals surface area contributed by atoms with E-state index in [2.05, 4.69) is 22.3 Å². The topological polar surface area (TPSA) is 77.9 Å². The second-order valence-electron chi connectivity index (χ2n) is 4.36. The largest absolute Gasteiger partial charge is 0.352 e. The Morgan fingerprint density at radius 2 is 2.05 bits per heavy atom. The molecule has 19 heavy (non-hydrogen) atoms. The molecule has 0 saturated carbocycles. The first-order valence-electron chi connectivity index (χ1n) is 6.66. The van der Waals surface area contributed by atoms with Gasteiger partial charge in [0.15, 0.2) is 0 Å². The van der Waals surface area contributed by atoms with Crippen LogP contribution in [0.15, 0.2) is 29.4 Å². The van der Waals surface area contributed by atoms with Crippen molar-refractivity contribution in [2.24, 2.45) is 5.11 Å². The lowest BCUT2D eigenvalue weighted by atomic mass is 10.1. The third kappa shape index (κ3) is 5.93. The van der Waals surface area contributed by atoms with Gasteiger partial charge >= 0.3 is 0 Å². The van der Waals surface area contributed by atoms with Crippen molar-refractivity contribution in [1.29, 1.82) is 0 Å². The molecule has 0 atom stereocenters. The van der Waals surface area contributed by atoms with Crippen molar-refractivity contribution in [3.8, 4) is 0 Å². The van der Waals surface area contributed by atoms with Crippen LogP contribution < -0.4 is 5.32 Å². The summed E-state index contributed by atoms with van der Waals surface area (Å²) in [5.41, 5.74) is 10.0. The van der Waals surface area contributed by atoms with Crippen LogP contribution >= 0.6 is 0 Å².